The Morgan fingerprint density at radius 1 is 1.24 bits per heavy atom. The highest BCUT2D eigenvalue weighted by molar-refractivity contribution is 6.31. The Morgan fingerprint density at radius 2 is 1.95 bits per heavy atom. The standard InChI is InChI=1S/C15H15Cl2N3O/c1-9(11-5-3-4-6-12(11)16)19-15(21)10-7-13(17)20-14(8-10)18-2/h3-9H,1-2H3,(H,18,20)(H,19,21). The van der Waals surface area contributed by atoms with Crippen molar-refractivity contribution in [2.45, 2.75) is 13.0 Å². The lowest BCUT2D eigenvalue weighted by molar-refractivity contribution is 0.0940. The zero-order valence-electron chi connectivity index (χ0n) is 11.7. The summed E-state index contributed by atoms with van der Waals surface area (Å²) >= 11 is 12.0. The number of aromatic nitrogens is 1. The average molecular weight is 324 g/mol. The molecular weight excluding hydrogens is 309 g/mol. The first kappa shape index (κ1) is 15.6. The summed E-state index contributed by atoms with van der Waals surface area (Å²) in [5.74, 6) is 0.307. The monoisotopic (exact) mass is 323 g/mol. The van der Waals surface area contributed by atoms with Crippen molar-refractivity contribution in [3.8, 4) is 0 Å². The van der Waals surface area contributed by atoms with E-state index < -0.39 is 0 Å². The molecule has 1 aromatic heterocycles. The van der Waals surface area contributed by atoms with Gasteiger partial charge in [-0.2, -0.15) is 0 Å². The zero-order valence-corrected chi connectivity index (χ0v) is 13.2. The Labute approximate surface area is 133 Å². The third-order valence-corrected chi connectivity index (χ3v) is 3.57. The molecule has 0 aliphatic heterocycles. The second kappa shape index (κ2) is 6.78. The molecule has 1 unspecified atom stereocenters. The quantitative estimate of drug-likeness (QED) is 0.838. The molecule has 2 N–H and O–H groups in total. The van der Waals surface area contributed by atoms with Crippen LogP contribution in [0, 0.1) is 0 Å². The fourth-order valence-corrected chi connectivity index (χ4v) is 2.45. The van der Waals surface area contributed by atoms with E-state index in [0.717, 1.165) is 5.56 Å². The molecule has 4 nitrogen and oxygen atoms in total. The Balaban J connectivity index is 2.18. The summed E-state index contributed by atoms with van der Waals surface area (Å²) in [5.41, 5.74) is 1.31. The SMILES string of the molecule is CNc1cc(C(=O)NC(C)c2ccccc2Cl)cc(Cl)n1. The van der Waals surface area contributed by atoms with Gasteiger partial charge in [0, 0.05) is 17.6 Å². The Kier molecular flexibility index (Phi) is 5.04. The maximum Gasteiger partial charge on any atom is 0.251 e. The van der Waals surface area contributed by atoms with Crippen molar-refractivity contribution < 1.29 is 4.79 Å². The van der Waals surface area contributed by atoms with Crippen LogP contribution < -0.4 is 10.6 Å². The highest BCUT2D eigenvalue weighted by Gasteiger charge is 2.15. The first-order chi connectivity index (χ1) is 10.0. The summed E-state index contributed by atoms with van der Waals surface area (Å²) < 4.78 is 0. The first-order valence-corrected chi connectivity index (χ1v) is 7.17. The summed E-state index contributed by atoms with van der Waals surface area (Å²) in [4.78, 5) is 16.3. The van der Waals surface area contributed by atoms with Crippen molar-refractivity contribution in [2.75, 3.05) is 12.4 Å². The van der Waals surface area contributed by atoms with Crippen molar-refractivity contribution in [3.63, 3.8) is 0 Å². The van der Waals surface area contributed by atoms with Gasteiger partial charge in [-0.05, 0) is 30.7 Å². The molecule has 1 aromatic carbocycles. The molecule has 2 rings (SSSR count). The highest BCUT2D eigenvalue weighted by atomic mass is 35.5. The van der Waals surface area contributed by atoms with E-state index in [2.05, 4.69) is 15.6 Å². The van der Waals surface area contributed by atoms with Crippen LogP contribution >= 0.6 is 23.2 Å². The molecule has 110 valence electrons. The van der Waals surface area contributed by atoms with Crippen LogP contribution in [0.1, 0.15) is 28.9 Å². The number of halogens is 2. The van der Waals surface area contributed by atoms with Crippen LogP contribution in [0.5, 0.6) is 0 Å². The fraction of sp³-hybridized carbons (Fsp3) is 0.200. The predicted molar refractivity (Wildman–Crippen MR) is 86.1 cm³/mol. The Bertz CT molecular complexity index is 661. The third-order valence-electron chi connectivity index (χ3n) is 3.03. The van der Waals surface area contributed by atoms with Crippen molar-refractivity contribution in [1.82, 2.24) is 10.3 Å². The first-order valence-electron chi connectivity index (χ1n) is 6.42. The molecule has 1 atom stereocenters. The van der Waals surface area contributed by atoms with Gasteiger partial charge in [0.2, 0.25) is 0 Å². The molecule has 0 spiro atoms. The van der Waals surface area contributed by atoms with Crippen LogP contribution in [-0.4, -0.2) is 17.9 Å². The molecule has 21 heavy (non-hydrogen) atoms. The van der Waals surface area contributed by atoms with E-state index >= 15 is 0 Å². The Hall–Kier alpha value is -1.78. The van der Waals surface area contributed by atoms with Gasteiger partial charge in [0.05, 0.1) is 6.04 Å². The number of carbonyl (C=O) groups is 1. The van der Waals surface area contributed by atoms with Crippen molar-refractivity contribution in [1.29, 1.82) is 0 Å². The molecule has 0 saturated carbocycles. The number of nitrogens with one attached hydrogen (secondary N) is 2. The van der Waals surface area contributed by atoms with E-state index in [1.807, 2.05) is 25.1 Å². The van der Waals surface area contributed by atoms with Crippen molar-refractivity contribution in [2.24, 2.45) is 0 Å². The summed E-state index contributed by atoms with van der Waals surface area (Å²) in [5, 5.41) is 6.64. The molecular formula is C15H15Cl2N3O. The van der Waals surface area contributed by atoms with E-state index in [1.165, 1.54) is 6.07 Å². The second-order valence-electron chi connectivity index (χ2n) is 4.53. The zero-order chi connectivity index (χ0) is 15.4. The van der Waals surface area contributed by atoms with E-state index in [9.17, 15) is 4.79 Å². The molecule has 0 fully saturated rings. The number of hydrogen-bond donors (Lipinski definition) is 2. The van der Waals surface area contributed by atoms with E-state index in [0.29, 0.717) is 16.4 Å². The van der Waals surface area contributed by atoms with Crippen molar-refractivity contribution >= 4 is 34.9 Å². The van der Waals surface area contributed by atoms with Gasteiger partial charge < -0.3 is 10.6 Å². The number of amides is 1. The predicted octanol–water partition coefficient (Wildman–Crippen LogP) is 3.92. The van der Waals surface area contributed by atoms with E-state index in [-0.39, 0.29) is 17.1 Å². The molecule has 1 amide bonds. The third kappa shape index (κ3) is 3.86. The number of benzene rings is 1. The van der Waals surface area contributed by atoms with Crippen molar-refractivity contribution in [3.05, 3.63) is 57.7 Å². The minimum absolute atomic E-state index is 0.212. The molecule has 6 heteroatoms. The average Bonchev–Trinajstić information content (AvgIpc) is 2.46. The van der Waals surface area contributed by atoms with Crippen LogP contribution in [0.15, 0.2) is 36.4 Å². The summed E-state index contributed by atoms with van der Waals surface area (Å²) in [7, 11) is 1.71. The molecule has 2 aromatic rings. The lowest BCUT2D eigenvalue weighted by Crippen LogP contribution is -2.27. The van der Waals surface area contributed by atoms with E-state index in [1.54, 1.807) is 19.2 Å². The van der Waals surface area contributed by atoms with Gasteiger partial charge in [0.15, 0.2) is 0 Å². The topological polar surface area (TPSA) is 54.0 Å². The minimum Gasteiger partial charge on any atom is -0.373 e. The summed E-state index contributed by atoms with van der Waals surface area (Å²) in [6.07, 6.45) is 0. The molecule has 0 aliphatic rings. The Morgan fingerprint density at radius 3 is 2.62 bits per heavy atom. The normalized spacial score (nSPS) is 11.8. The summed E-state index contributed by atoms with van der Waals surface area (Å²) in [6, 6.07) is 10.4. The number of rotatable bonds is 4. The lowest BCUT2D eigenvalue weighted by Gasteiger charge is -2.16. The maximum atomic E-state index is 12.3. The van der Waals surface area contributed by atoms with Gasteiger partial charge in [-0.1, -0.05) is 41.4 Å². The minimum atomic E-state index is -0.233. The molecule has 0 aliphatic carbocycles. The van der Waals surface area contributed by atoms with Gasteiger partial charge >= 0.3 is 0 Å². The fourth-order valence-electron chi connectivity index (χ4n) is 1.94. The van der Waals surface area contributed by atoms with Gasteiger partial charge in [-0.15, -0.1) is 0 Å². The number of hydrogen-bond acceptors (Lipinski definition) is 3. The smallest absolute Gasteiger partial charge is 0.251 e. The number of pyridine rings is 1. The van der Waals surface area contributed by atoms with Crippen LogP contribution in [0.3, 0.4) is 0 Å². The lowest BCUT2D eigenvalue weighted by atomic mass is 10.1. The van der Waals surface area contributed by atoms with Crippen LogP contribution in [0.25, 0.3) is 0 Å². The van der Waals surface area contributed by atoms with Gasteiger partial charge in [0.25, 0.3) is 5.91 Å². The molecule has 0 radical (unpaired) electrons. The van der Waals surface area contributed by atoms with E-state index in [4.69, 9.17) is 23.2 Å². The largest absolute Gasteiger partial charge is 0.373 e. The maximum absolute atomic E-state index is 12.3. The molecule has 1 heterocycles. The van der Waals surface area contributed by atoms with Gasteiger partial charge in [-0.3, -0.25) is 4.79 Å². The van der Waals surface area contributed by atoms with Crippen LogP contribution in [0.4, 0.5) is 5.82 Å². The number of nitrogens with zero attached hydrogens (tertiary/aromatic N) is 1. The van der Waals surface area contributed by atoms with Gasteiger partial charge in [0.1, 0.15) is 11.0 Å². The van der Waals surface area contributed by atoms with Crippen LogP contribution in [-0.2, 0) is 0 Å². The second-order valence-corrected chi connectivity index (χ2v) is 5.32. The van der Waals surface area contributed by atoms with Gasteiger partial charge in [-0.25, -0.2) is 4.98 Å². The highest BCUT2D eigenvalue weighted by Crippen LogP contribution is 2.23. The number of carbonyl (C=O) groups excluding carboxylic acids is 1. The number of anilines is 1. The summed E-state index contributed by atoms with van der Waals surface area (Å²) in [6.45, 7) is 1.88. The molecule has 0 saturated heterocycles. The molecule has 0 bridgehead atoms. The van der Waals surface area contributed by atoms with Crippen LogP contribution in [0.2, 0.25) is 10.2 Å².